The molecule has 3 rings (SSSR count). The molecule has 0 saturated carbocycles. The quantitative estimate of drug-likeness (QED) is 0.597. The van der Waals surface area contributed by atoms with Crippen molar-refractivity contribution in [3.63, 3.8) is 0 Å². The first-order chi connectivity index (χ1) is 11.3. The van der Waals surface area contributed by atoms with Crippen molar-refractivity contribution in [3.8, 4) is 0 Å². The van der Waals surface area contributed by atoms with Gasteiger partial charge in [-0.1, -0.05) is 0 Å². The van der Waals surface area contributed by atoms with Crippen LogP contribution in [0, 0.1) is 0 Å². The first-order valence-electron chi connectivity index (χ1n) is 7.76. The van der Waals surface area contributed by atoms with Gasteiger partial charge in [0.1, 0.15) is 29.0 Å². The molecule has 0 aliphatic heterocycles. The Hall–Kier alpha value is -1.19. The number of halogens is 3. The predicted octanol–water partition coefficient (Wildman–Crippen LogP) is 3.44. The van der Waals surface area contributed by atoms with Gasteiger partial charge < -0.3 is 20.8 Å². The van der Waals surface area contributed by atoms with Gasteiger partial charge in [-0.05, 0) is 42.8 Å². The van der Waals surface area contributed by atoms with Crippen LogP contribution in [0.3, 0.4) is 0 Å². The molecule has 3 aromatic rings. The standard InChI is InChI=1S/C16H21BrN6O.2ClH/c1-4-24-7-11-22-13-14(23(11)8-16(2,3)19)12-10(21-15(13)18)5-9(17)6-20-12;;/h5-6H,4,7-8,19H2,1-3H3,(H2,18,21);2*1H. The van der Waals surface area contributed by atoms with Gasteiger partial charge in [-0.25, -0.2) is 9.97 Å². The van der Waals surface area contributed by atoms with Crippen molar-refractivity contribution in [2.75, 3.05) is 12.3 Å². The number of imidazole rings is 1. The van der Waals surface area contributed by atoms with Gasteiger partial charge in [0.25, 0.3) is 0 Å². The Labute approximate surface area is 172 Å². The molecule has 0 aliphatic carbocycles. The van der Waals surface area contributed by atoms with Crippen LogP contribution in [-0.2, 0) is 17.9 Å². The molecule has 0 spiro atoms. The van der Waals surface area contributed by atoms with Crippen molar-refractivity contribution in [1.82, 2.24) is 19.5 Å². The summed E-state index contributed by atoms with van der Waals surface area (Å²) in [6.45, 7) is 7.46. The van der Waals surface area contributed by atoms with Gasteiger partial charge in [0.2, 0.25) is 0 Å². The van der Waals surface area contributed by atoms with Crippen molar-refractivity contribution in [3.05, 3.63) is 22.6 Å². The largest absolute Gasteiger partial charge is 0.382 e. The van der Waals surface area contributed by atoms with E-state index in [9.17, 15) is 0 Å². The highest BCUT2D eigenvalue weighted by atomic mass is 79.9. The molecule has 4 N–H and O–H groups in total. The molecule has 0 radical (unpaired) electrons. The van der Waals surface area contributed by atoms with Crippen molar-refractivity contribution in [2.45, 2.75) is 39.5 Å². The second kappa shape index (κ2) is 8.67. The van der Waals surface area contributed by atoms with Crippen molar-refractivity contribution >= 4 is 68.6 Å². The van der Waals surface area contributed by atoms with Gasteiger partial charge >= 0.3 is 0 Å². The number of nitrogens with two attached hydrogens (primary N) is 2. The Morgan fingerprint density at radius 2 is 1.92 bits per heavy atom. The molecule has 0 aliphatic rings. The fraction of sp³-hybridized carbons (Fsp3) is 0.438. The van der Waals surface area contributed by atoms with E-state index in [0.29, 0.717) is 36.6 Å². The summed E-state index contributed by atoms with van der Waals surface area (Å²) in [5.74, 6) is 1.15. The molecule has 3 heterocycles. The molecule has 10 heteroatoms. The smallest absolute Gasteiger partial charge is 0.152 e. The second-order valence-electron chi connectivity index (χ2n) is 6.46. The predicted molar refractivity (Wildman–Crippen MR) is 113 cm³/mol. The molecule has 3 aromatic heterocycles. The number of nitrogen functional groups attached to an aromatic ring is 1. The van der Waals surface area contributed by atoms with E-state index in [1.807, 2.05) is 31.4 Å². The Morgan fingerprint density at radius 3 is 2.54 bits per heavy atom. The molecule has 0 atom stereocenters. The van der Waals surface area contributed by atoms with Crippen LogP contribution < -0.4 is 11.5 Å². The van der Waals surface area contributed by atoms with Crippen molar-refractivity contribution < 1.29 is 4.74 Å². The molecule has 7 nitrogen and oxygen atoms in total. The van der Waals surface area contributed by atoms with Crippen LogP contribution in [-0.4, -0.2) is 31.7 Å². The summed E-state index contributed by atoms with van der Waals surface area (Å²) in [7, 11) is 0. The first-order valence-corrected chi connectivity index (χ1v) is 8.56. The van der Waals surface area contributed by atoms with E-state index in [0.717, 1.165) is 21.3 Å². The third-order valence-corrected chi connectivity index (χ3v) is 4.02. The van der Waals surface area contributed by atoms with Crippen LogP contribution >= 0.6 is 40.7 Å². The fourth-order valence-corrected chi connectivity index (χ4v) is 3.00. The monoisotopic (exact) mass is 464 g/mol. The second-order valence-corrected chi connectivity index (χ2v) is 7.37. The molecule has 26 heavy (non-hydrogen) atoms. The molecular formula is C16H23BrCl2N6O. The zero-order chi connectivity index (χ0) is 17.5. The van der Waals surface area contributed by atoms with Crippen molar-refractivity contribution in [1.29, 1.82) is 0 Å². The van der Waals surface area contributed by atoms with Crippen molar-refractivity contribution in [2.24, 2.45) is 5.73 Å². The van der Waals surface area contributed by atoms with Crippen LogP contribution in [0.2, 0.25) is 0 Å². The molecular weight excluding hydrogens is 443 g/mol. The van der Waals surface area contributed by atoms with Crippen LogP contribution in [0.15, 0.2) is 16.7 Å². The van der Waals surface area contributed by atoms with E-state index < -0.39 is 5.54 Å². The summed E-state index contributed by atoms with van der Waals surface area (Å²) in [6.07, 6.45) is 1.74. The van der Waals surface area contributed by atoms with E-state index in [-0.39, 0.29) is 24.8 Å². The molecule has 0 amide bonds. The SMILES string of the molecule is CCOCc1nc2c(N)nc3cc(Br)cnc3c2n1CC(C)(C)N.Cl.Cl. The number of ether oxygens (including phenoxy) is 1. The van der Waals surface area contributed by atoms with Crippen LogP contribution in [0.5, 0.6) is 0 Å². The van der Waals surface area contributed by atoms with Gasteiger partial charge in [0.15, 0.2) is 5.82 Å². The minimum Gasteiger partial charge on any atom is -0.382 e. The summed E-state index contributed by atoms with van der Waals surface area (Å²) in [6, 6.07) is 1.89. The van der Waals surface area contributed by atoms with Gasteiger partial charge in [0, 0.05) is 29.4 Å². The highest BCUT2D eigenvalue weighted by Gasteiger charge is 2.22. The lowest BCUT2D eigenvalue weighted by Gasteiger charge is -2.21. The number of fused-ring (bicyclic) bond motifs is 3. The summed E-state index contributed by atoms with van der Waals surface area (Å²) in [5, 5.41) is 0. The Balaban J connectivity index is 0.00000169. The van der Waals surface area contributed by atoms with Crippen LogP contribution in [0.4, 0.5) is 5.82 Å². The minimum absolute atomic E-state index is 0. The summed E-state index contributed by atoms with van der Waals surface area (Å²) >= 11 is 3.42. The number of hydrogen-bond acceptors (Lipinski definition) is 6. The number of hydrogen-bond donors (Lipinski definition) is 2. The third kappa shape index (κ3) is 4.55. The maximum atomic E-state index is 6.26. The maximum absolute atomic E-state index is 6.26. The third-order valence-electron chi connectivity index (χ3n) is 3.59. The highest BCUT2D eigenvalue weighted by molar-refractivity contribution is 9.10. The van der Waals surface area contributed by atoms with E-state index in [1.165, 1.54) is 0 Å². The lowest BCUT2D eigenvalue weighted by molar-refractivity contribution is 0.125. The molecule has 0 bridgehead atoms. The number of aromatic nitrogens is 4. The molecule has 0 unspecified atom stereocenters. The Morgan fingerprint density at radius 1 is 1.23 bits per heavy atom. The zero-order valence-corrected chi connectivity index (χ0v) is 18.0. The summed E-state index contributed by atoms with van der Waals surface area (Å²) in [5.41, 5.74) is 14.9. The average molecular weight is 466 g/mol. The number of pyridine rings is 2. The number of rotatable bonds is 5. The zero-order valence-electron chi connectivity index (χ0n) is 14.8. The number of anilines is 1. The maximum Gasteiger partial charge on any atom is 0.152 e. The lowest BCUT2D eigenvalue weighted by atomic mass is 10.1. The molecule has 144 valence electrons. The van der Waals surface area contributed by atoms with Gasteiger partial charge in [-0.3, -0.25) is 4.98 Å². The van der Waals surface area contributed by atoms with E-state index >= 15 is 0 Å². The normalized spacial score (nSPS) is 11.4. The minimum atomic E-state index is -0.422. The van der Waals surface area contributed by atoms with Crippen LogP contribution in [0.1, 0.15) is 26.6 Å². The van der Waals surface area contributed by atoms with Gasteiger partial charge in [-0.2, -0.15) is 0 Å². The average Bonchev–Trinajstić information content (AvgIpc) is 2.82. The van der Waals surface area contributed by atoms with Gasteiger partial charge in [-0.15, -0.1) is 24.8 Å². The van der Waals surface area contributed by atoms with E-state index in [4.69, 9.17) is 16.2 Å². The van der Waals surface area contributed by atoms with Crippen LogP contribution in [0.25, 0.3) is 22.1 Å². The highest BCUT2D eigenvalue weighted by Crippen LogP contribution is 2.30. The number of nitrogens with zero attached hydrogens (tertiary/aromatic N) is 4. The summed E-state index contributed by atoms with van der Waals surface area (Å²) in [4.78, 5) is 13.6. The fourth-order valence-electron chi connectivity index (χ4n) is 2.68. The Bertz CT molecular complexity index is 909. The summed E-state index contributed by atoms with van der Waals surface area (Å²) < 4.78 is 8.46. The van der Waals surface area contributed by atoms with Gasteiger partial charge in [0.05, 0.1) is 5.52 Å². The Kier molecular flexibility index (Phi) is 7.62. The first kappa shape index (κ1) is 22.9. The van der Waals surface area contributed by atoms with E-state index in [2.05, 4.69) is 30.9 Å². The molecule has 0 saturated heterocycles. The molecule has 0 aromatic carbocycles. The van der Waals surface area contributed by atoms with E-state index in [1.54, 1.807) is 6.20 Å². The lowest BCUT2D eigenvalue weighted by Crippen LogP contribution is -2.37. The topological polar surface area (TPSA) is 105 Å². The molecule has 0 fully saturated rings.